The van der Waals surface area contributed by atoms with Crippen molar-refractivity contribution >= 4 is 40.6 Å². The van der Waals surface area contributed by atoms with E-state index in [0.29, 0.717) is 12.2 Å². The molecule has 5 nitrogen and oxygen atoms in total. The SMILES string of the molecule is CCCCC(=O)Nc1cccc([C@@H]2SCC(=O)N2c2ccc(N(C)C)cc2)c1. The van der Waals surface area contributed by atoms with Crippen LogP contribution in [0.5, 0.6) is 0 Å². The quantitative estimate of drug-likeness (QED) is 0.738. The predicted octanol–water partition coefficient (Wildman–Crippen LogP) is 4.66. The highest BCUT2D eigenvalue weighted by Crippen LogP contribution is 2.42. The first-order chi connectivity index (χ1) is 13.5. The Bertz CT molecular complexity index is 836. The maximum absolute atomic E-state index is 12.6. The van der Waals surface area contributed by atoms with Crippen LogP contribution in [0.1, 0.15) is 37.1 Å². The molecule has 0 saturated carbocycles. The summed E-state index contributed by atoms with van der Waals surface area (Å²) in [5.74, 6) is 0.586. The second kappa shape index (κ2) is 9.15. The lowest BCUT2D eigenvalue weighted by atomic mass is 10.1. The standard InChI is InChI=1S/C22H27N3O2S/c1-4-5-9-20(26)23-17-8-6-7-16(14-17)22-25(21(27)15-28-22)19-12-10-18(11-13-19)24(2)3/h6-8,10-14,22H,4-5,9,15H2,1-3H3,(H,23,26)/t22-/m0/s1. The minimum Gasteiger partial charge on any atom is -0.378 e. The van der Waals surface area contributed by atoms with Gasteiger partial charge in [0.1, 0.15) is 5.37 Å². The van der Waals surface area contributed by atoms with E-state index in [4.69, 9.17) is 0 Å². The summed E-state index contributed by atoms with van der Waals surface area (Å²) in [6, 6.07) is 15.8. The van der Waals surface area contributed by atoms with Crippen molar-refractivity contribution in [2.24, 2.45) is 0 Å². The largest absolute Gasteiger partial charge is 0.378 e. The summed E-state index contributed by atoms with van der Waals surface area (Å²) in [6.07, 6.45) is 2.41. The van der Waals surface area contributed by atoms with Gasteiger partial charge in [-0.05, 0) is 48.4 Å². The Hall–Kier alpha value is -2.47. The Balaban J connectivity index is 1.80. The van der Waals surface area contributed by atoms with E-state index in [-0.39, 0.29) is 17.2 Å². The average Bonchev–Trinajstić information content (AvgIpc) is 3.08. The summed E-state index contributed by atoms with van der Waals surface area (Å²) < 4.78 is 0. The molecule has 0 spiro atoms. The van der Waals surface area contributed by atoms with Crippen molar-refractivity contribution in [3.8, 4) is 0 Å². The smallest absolute Gasteiger partial charge is 0.238 e. The number of hydrogen-bond acceptors (Lipinski definition) is 4. The Morgan fingerprint density at radius 2 is 1.96 bits per heavy atom. The van der Waals surface area contributed by atoms with Gasteiger partial charge >= 0.3 is 0 Å². The number of amides is 2. The van der Waals surface area contributed by atoms with Gasteiger partial charge in [-0.2, -0.15) is 0 Å². The molecule has 2 aromatic carbocycles. The summed E-state index contributed by atoms with van der Waals surface area (Å²) in [4.78, 5) is 28.5. The first kappa shape index (κ1) is 20.3. The fraction of sp³-hybridized carbons (Fsp3) is 0.364. The zero-order valence-corrected chi connectivity index (χ0v) is 17.5. The molecule has 0 radical (unpaired) electrons. The van der Waals surface area contributed by atoms with E-state index >= 15 is 0 Å². The Labute approximate surface area is 171 Å². The fourth-order valence-electron chi connectivity index (χ4n) is 3.19. The number of hydrogen-bond donors (Lipinski definition) is 1. The second-order valence-corrected chi connectivity index (χ2v) is 8.18. The van der Waals surface area contributed by atoms with Crippen LogP contribution < -0.4 is 15.1 Å². The third-order valence-corrected chi connectivity index (χ3v) is 5.94. The topological polar surface area (TPSA) is 52.7 Å². The van der Waals surface area contributed by atoms with Crippen LogP contribution in [-0.4, -0.2) is 31.7 Å². The van der Waals surface area contributed by atoms with E-state index in [0.717, 1.165) is 35.5 Å². The van der Waals surface area contributed by atoms with E-state index in [1.54, 1.807) is 11.8 Å². The maximum atomic E-state index is 12.6. The van der Waals surface area contributed by atoms with Gasteiger partial charge in [-0.25, -0.2) is 0 Å². The van der Waals surface area contributed by atoms with Crippen molar-refractivity contribution in [1.29, 1.82) is 0 Å². The molecule has 0 aliphatic carbocycles. The first-order valence-corrected chi connectivity index (χ1v) is 10.7. The van der Waals surface area contributed by atoms with Crippen LogP contribution in [-0.2, 0) is 9.59 Å². The molecular weight excluding hydrogens is 370 g/mol. The van der Waals surface area contributed by atoms with Gasteiger partial charge in [0, 0.05) is 37.6 Å². The molecular formula is C22H27N3O2S. The molecule has 1 aliphatic heterocycles. The third-order valence-electron chi connectivity index (χ3n) is 4.73. The van der Waals surface area contributed by atoms with E-state index in [1.165, 1.54) is 0 Å². The summed E-state index contributed by atoms with van der Waals surface area (Å²) in [5, 5.41) is 2.88. The highest BCUT2D eigenvalue weighted by atomic mass is 32.2. The zero-order valence-electron chi connectivity index (χ0n) is 16.6. The number of nitrogens with one attached hydrogen (secondary N) is 1. The van der Waals surface area contributed by atoms with Crippen LogP contribution >= 0.6 is 11.8 Å². The fourth-order valence-corrected chi connectivity index (χ4v) is 4.36. The molecule has 2 aromatic rings. The van der Waals surface area contributed by atoms with Gasteiger partial charge in [0.05, 0.1) is 5.75 Å². The van der Waals surface area contributed by atoms with Crippen molar-refractivity contribution < 1.29 is 9.59 Å². The summed E-state index contributed by atoms with van der Waals surface area (Å²) in [6.45, 7) is 2.07. The van der Waals surface area contributed by atoms with E-state index in [1.807, 2.05) is 72.4 Å². The van der Waals surface area contributed by atoms with Crippen LogP contribution in [0.25, 0.3) is 0 Å². The summed E-state index contributed by atoms with van der Waals surface area (Å²) in [7, 11) is 3.99. The number of rotatable bonds is 7. The van der Waals surface area contributed by atoms with Crippen LogP contribution in [0.3, 0.4) is 0 Å². The molecule has 0 unspecified atom stereocenters. The first-order valence-electron chi connectivity index (χ1n) is 9.60. The normalized spacial score (nSPS) is 16.3. The molecule has 6 heteroatoms. The third kappa shape index (κ3) is 4.68. The number of anilines is 3. The van der Waals surface area contributed by atoms with Gasteiger partial charge in [0.25, 0.3) is 0 Å². The number of carbonyl (C=O) groups excluding carboxylic acids is 2. The minimum absolute atomic E-state index is 0.0327. The Morgan fingerprint density at radius 3 is 2.64 bits per heavy atom. The van der Waals surface area contributed by atoms with Crippen LogP contribution in [0.2, 0.25) is 0 Å². The van der Waals surface area contributed by atoms with E-state index in [9.17, 15) is 9.59 Å². The highest BCUT2D eigenvalue weighted by Gasteiger charge is 2.34. The van der Waals surface area contributed by atoms with E-state index < -0.39 is 0 Å². The Morgan fingerprint density at radius 1 is 1.21 bits per heavy atom. The van der Waals surface area contributed by atoms with Crippen molar-refractivity contribution in [2.45, 2.75) is 31.6 Å². The van der Waals surface area contributed by atoms with E-state index in [2.05, 4.69) is 12.2 Å². The molecule has 28 heavy (non-hydrogen) atoms. The Kier molecular flexibility index (Phi) is 6.62. The molecule has 2 amide bonds. The number of benzene rings is 2. The molecule has 148 valence electrons. The van der Waals surface area contributed by atoms with Crippen molar-refractivity contribution in [3.63, 3.8) is 0 Å². The summed E-state index contributed by atoms with van der Waals surface area (Å²) >= 11 is 1.61. The van der Waals surface area contributed by atoms with Gasteiger partial charge in [-0.15, -0.1) is 11.8 Å². The van der Waals surface area contributed by atoms with Crippen molar-refractivity contribution in [2.75, 3.05) is 35.0 Å². The zero-order chi connectivity index (χ0) is 20.1. The molecule has 0 bridgehead atoms. The molecule has 1 N–H and O–H groups in total. The minimum atomic E-state index is -0.0924. The van der Waals surface area contributed by atoms with Crippen LogP contribution in [0.4, 0.5) is 17.1 Å². The van der Waals surface area contributed by atoms with Crippen LogP contribution in [0.15, 0.2) is 48.5 Å². The lowest BCUT2D eigenvalue weighted by Gasteiger charge is -2.25. The number of carbonyl (C=O) groups is 2. The van der Waals surface area contributed by atoms with Crippen LogP contribution in [0, 0.1) is 0 Å². The second-order valence-electron chi connectivity index (χ2n) is 7.12. The monoisotopic (exact) mass is 397 g/mol. The predicted molar refractivity (Wildman–Crippen MR) is 118 cm³/mol. The molecule has 1 fully saturated rings. The number of unbranched alkanes of at least 4 members (excludes halogenated alkanes) is 1. The van der Waals surface area contributed by atoms with Gasteiger partial charge in [-0.1, -0.05) is 25.5 Å². The van der Waals surface area contributed by atoms with Gasteiger partial charge in [0.15, 0.2) is 0 Å². The molecule has 1 aliphatic rings. The number of nitrogens with zero attached hydrogens (tertiary/aromatic N) is 2. The summed E-state index contributed by atoms with van der Waals surface area (Å²) in [5.41, 5.74) is 3.78. The molecule has 1 saturated heterocycles. The van der Waals surface area contributed by atoms with Crippen molar-refractivity contribution in [1.82, 2.24) is 0 Å². The lowest BCUT2D eigenvalue weighted by molar-refractivity contribution is -0.116. The average molecular weight is 398 g/mol. The molecule has 1 atom stereocenters. The van der Waals surface area contributed by atoms with Gasteiger partial charge in [0.2, 0.25) is 11.8 Å². The molecule has 3 rings (SSSR count). The highest BCUT2D eigenvalue weighted by molar-refractivity contribution is 8.00. The maximum Gasteiger partial charge on any atom is 0.238 e. The molecule has 1 heterocycles. The van der Waals surface area contributed by atoms with Gasteiger partial charge in [-0.3, -0.25) is 14.5 Å². The van der Waals surface area contributed by atoms with Gasteiger partial charge < -0.3 is 10.2 Å². The van der Waals surface area contributed by atoms with Crippen molar-refractivity contribution in [3.05, 3.63) is 54.1 Å². The lowest BCUT2D eigenvalue weighted by Crippen LogP contribution is -2.27. The number of thioether (sulfide) groups is 1. The molecule has 0 aromatic heterocycles.